The van der Waals surface area contributed by atoms with Gasteiger partial charge in [-0.05, 0) is 55.2 Å². The molecule has 2 amide bonds. The van der Waals surface area contributed by atoms with Crippen molar-refractivity contribution in [3.05, 3.63) is 65.2 Å². The molecule has 3 aromatic rings. The fourth-order valence-corrected chi connectivity index (χ4v) is 3.58. The summed E-state index contributed by atoms with van der Waals surface area (Å²) in [5.74, 6) is -0.703. The number of allylic oxidation sites excluding steroid dienone is 1. The van der Waals surface area contributed by atoms with E-state index in [0.29, 0.717) is 35.1 Å². The number of nitrogens with zero attached hydrogens (tertiary/aromatic N) is 1. The van der Waals surface area contributed by atoms with Crippen LogP contribution in [0.15, 0.2) is 47.1 Å². The molecule has 0 aliphatic heterocycles. The highest BCUT2D eigenvalue weighted by molar-refractivity contribution is 6.07. The predicted molar refractivity (Wildman–Crippen MR) is 112 cm³/mol. The van der Waals surface area contributed by atoms with Crippen molar-refractivity contribution in [2.24, 2.45) is 0 Å². The number of ether oxygens (including phenoxy) is 2. The van der Waals surface area contributed by atoms with Gasteiger partial charge in [0.25, 0.3) is 5.91 Å². The Hall–Kier alpha value is -3.94. The first kappa shape index (κ1) is 20.3. The quantitative estimate of drug-likeness (QED) is 0.627. The highest BCUT2D eigenvalue weighted by Gasteiger charge is 2.28. The zero-order valence-corrected chi connectivity index (χ0v) is 16.8. The van der Waals surface area contributed by atoms with Crippen LogP contribution in [0.25, 0.3) is 22.6 Å². The van der Waals surface area contributed by atoms with Crippen LogP contribution in [0.3, 0.4) is 0 Å². The number of amides is 2. The van der Waals surface area contributed by atoms with Crippen LogP contribution in [0, 0.1) is 0 Å². The lowest BCUT2D eigenvalue weighted by Crippen LogP contribution is -2.34. The third-order valence-electron chi connectivity index (χ3n) is 4.86. The summed E-state index contributed by atoms with van der Waals surface area (Å²) in [6.07, 6.45) is 3.93. The zero-order chi connectivity index (χ0) is 21.8. The summed E-state index contributed by atoms with van der Waals surface area (Å²) in [7, 11) is 0. The third-order valence-corrected chi connectivity index (χ3v) is 4.86. The Labute approximate surface area is 177 Å². The molecule has 0 bridgehead atoms. The summed E-state index contributed by atoms with van der Waals surface area (Å²) in [5.41, 5.74) is 3.49. The number of furan rings is 1. The summed E-state index contributed by atoms with van der Waals surface area (Å²) in [5, 5.41) is 2.65. The van der Waals surface area contributed by atoms with E-state index in [1.54, 1.807) is 25.3 Å². The van der Waals surface area contributed by atoms with Crippen LogP contribution in [0.1, 0.15) is 40.7 Å². The number of rotatable bonds is 5. The highest BCUT2D eigenvalue weighted by atomic mass is 16.6. The van der Waals surface area contributed by atoms with Gasteiger partial charge in [0, 0.05) is 5.39 Å². The molecule has 4 rings (SSSR count). The molecule has 0 saturated heterocycles. The van der Waals surface area contributed by atoms with Gasteiger partial charge in [-0.2, -0.15) is 0 Å². The molecule has 0 fully saturated rings. The Morgan fingerprint density at radius 1 is 1.13 bits per heavy atom. The molecule has 0 spiro atoms. The minimum absolute atomic E-state index is 0.127. The topological polar surface area (TPSA) is 108 Å². The van der Waals surface area contributed by atoms with Crippen LogP contribution in [-0.4, -0.2) is 36.2 Å². The first-order valence-corrected chi connectivity index (χ1v) is 9.86. The maximum atomic E-state index is 13.0. The van der Waals surface area contributed by atoms with Gasteiger partial charge in [-0.3, -0.25) is 10.1 Å². The Morgan fingerprint density at radius 2 is 1.97 bits per heavy atom. The van der Waals surface area contributed by atoms with Crippen molar-refractivity contribution in [3.63, 3.8) is 0 Å². The van der Waals surface area contributed by atoms with Gasteiger partial charge in [0.05, 0.1) is 29.6 Å². The minimum atomic E-state index is -0.883. The standard InChI is InChI=1S/C23H20N2O6/c1-2-29-23(28)25-19(26)13-31-22(27)20-16-7-3-4-8-18(16)24-21-14(9-10-17(20)21)12-15-6-5-11-30-15/h3-8,11-12H,2,9-10,13H2,1H3,(H,25,26,28). The van der Waals surface area contributed by atoms with E-state index in [0.717, 1.165) is 16.8 Å². The molecule has 1 aliphatic rings. The van der Waals surface area contributed by atoms with Gasteiger partial charge in [0.2, 0.25) is 0 Å². The van der Waals surface area contributed by atoms with Gasteiger partial charge in [0.1, 0.15) is 5.76 Å². The summed E-state index contributed by atoms with van der Waals surface area (Å²) < 4.78 is 15.3. The molecule has 0 unspecified atom stereocenters. The van der Waals surface area contributed by atoms with Gasteiger partial charge in [-0.1, -0.05) is 18.2 Å². The van der Waals surface area contributed by atoms with Crippen LogP contribution in [0.5, 0.6) is 0 Å². The molecule has 1 N–H and O–H groups in total. The lowest BCUT2D eigenvalue weighted by molar-refractivity contribution is -0.123. The monoisotopic (exact) mass is 420 g/mol. The fraction of sp³-hybridized carbons (Fsp3) is 0.217. The molecular formula is C23H20N2O6. The number of pyridine rings is 1. The highest BCUT2D eigenvalue weighted by Crippen LogP contribution is 2.37. The number of carbonyl (C=O) groups excluding carboxylic acids is 3. The van der Waals surface area contributed by atoms with Crippen molar-refractivity contribution >= 4 is 40.5 Å². The van der Waals surface area contributed by atoms with Gasteiger partial charge in [-0.15, -0.1) is 0 Å². The second kappa shape index (κ2) is 8.83. The van der Waals surface area contributed by atoms with Gasteiger partial charge < -0.3 is 13.9 Å². The molecule has 1 aliphatic carbocycles. The number of imide groups is 1. The van der Waals surface area contributed by atoms with Crippen LogP contribution in [0.2, 0.25) is 0 Å². The number of aromatic nitrogens is 1. The number of hydrogen-bond donors (Lipinski definition) is 1. The van der Waals surface area contributed by atoms with E-state index in [4.69, 9.17) is 14.1 Å². The maximum absolute atomic E-state index is 13.0. The minimum Gasteiger partial charge on any atom is -0.465 e. The number of benzene rings is 1. The van der Waals surface area contributed by atoms with E-state index in [9.17, 15) is 14.4 Å². The van der Waals surface area contributed by atoms with Gasteiger partial charge in [-0.25, -0.2) is 14.6 Å². The largest absolute Gasteiger partial charge is 0.465 e. The van der Waals surface area contributed by atoms with Crippen molar-refractivity contribution in [2.75, 3.05) is 13.2 Å². The van der Waals surface area contributed by atoms with E-state index < -0.39 is 24.6 Å². The Balaban J connectivity index is 1.64. The van der Waals surface area contributed by atoms with Crippen LogP contribution >= 0.6 is 0 Å². The average Bonchev–Trinajstić information content (AvgIpc) is 3.41. The predicted octanol–water partition coefficient (Wildman–Crippen LogP) is 3.74. The Bertz CT molecular complexity index is 1180. The number of alkyl carbamates (subject to hydrolysis) is 1. The van der Waals surface area contributed by atoms with Crippen molar-refractivity contribution < 1.29 is 28.3 Å². The van der Waals surface area contributed by atoms with Crippen molar-refractivity contribution in [3.8, 4) is 0 Å². The van der Waals surface area contributed by atoms with Crippen LogP contribution < -0.4 is 5.32 Å². The number of hydrogen-bond acceptors (Lipinski definition) is 7. The molecule has 2 aromatic heterocycles. The van der Waals surface area contributed by atoms with E-state index in [1.807, 2.05) is 35.7 Å². The SMILES string of the molecule is CCOC(=O)NC(=O)COC(=O)c1c2c(nc3ccccc13)C(=Cc1ccco1)CC2. The molecule has 8 heteroatoms. The summed E-state index contributed by atoms with van der Waals surface area (Å²) in [4.78, 5) is 40.9. The maximum Gasteiger partial charge on any atom is 0.413 e. The summed E-state index contributed by atoms with van der Waals surface area (Å²) in [6.45, 7) is 1.15. The molecule has 2 heterocycles. The molecule has 31 heavy (non-hydrogen) atoms. The molecule has 158 valence electrons. The normalized spacial score (nSPS) is 13.8. The Kier molecular flexibility index (Phi) is 5.79. The lowest BCUT2D eigenvalue weighted by Gasteiger charge is -2.12. The van der Waals surface area contributed by atoms with E-state index in [1.165, 1.54) is 0 Å². The van der Waals surface area contributed by atoms with E-state index in [-0.39, 0.29) is 6.61 Å². The smallest absolute Gasteiger partial charge is 0.413 e. The molecule has 0 atom stereocenters. The third kappa shape index (κ3) is 4.32. The number of para-hydroxylation sites is 1. The second-order valence-electron chi connectivity index (χ2n) is 6.86. The van der Waals surface area contributed by atoms with Crippen LogP contribution in [-0.2, 0) is 20.7 Å². The number of nitrogens with one attached hydrogen (secondary N) is 1. The molecule has 0 radical (unpaired) electrons. The van der Waals surface area contributed by atoms with E-state index in [2.05, 4.69) is 4.74 Å². The molecule has 1 aromatic carbocycles. The summed E-state index contributed by atoms with van der Waals surface area (Å²) >= 11 is 0. The molecular weight excluding hydrogens is 400 g/mol. The molecule has 8 nitrogen and oxygen atoms in total. The van der Waals surface area contributed by atoms with Gasteiger partial charge in [0.15, 0.2) is 6.61 Å². The van der Waals surface area contributed by atoms with E-state index >= 15 is 0 Å². The zero-order valence-electron chi connectivity index (χ0n) is 16.8. The first-order chi connectivity index (χ1) is 15.1. The fourth-order valence-electron chi connectivity index (χ4n) is 3.58. The second-order valence-corrected chi connectivity index (χ2v) is 6.86. The number of carbonyl (C=O) groups is 3. The average molecular weight is 420 g/mol. The lowest BCUT2D eigenvalue weighted by atomic mass is 10.0. The Morgan fingerprint density at radius 3 is 2.74 bits per heavy atom. The first-order valence-electron chi connectivity index (χ1n) is 9.86. The summed E-state index contributed by atoms with van der Waals surface area (Å²) in [6, 6.07) is 10.9. The van der Waals surface area contributed by atoms with Crippen molar-refractivity contribution in [1.29, 1.82) is 0 Å². The van der Waals surface area contributed by atoms with Gasteiger partial charge >= 0.3 is 12.1 Å². The number of fused-ring (bicyclic) bond motifs is 2. The van der Waals surface area contributed by atoms with Crippen molar-refractivity contribution in [1.82, 2.24) is 10.3 Å². The van der Waals surface area contributed by atoms with Crippen LogP contribution in [0.4, 0.5) is 4.79 Å². The molecule has 0 saturated carbocycles. The van der Waals surface area contributed by atoms with Crippen molar-refractivity contribution in [2.45, 2.75) is 19.8 Å². The number of esters is 1.